The van der Waals surface area contributed by atoms with Gasteiger partial charge in [-0.2, -0.15) is 0 Å². The Morgan fingerprint density at radius 2 is 0.714 bits per heavy atom. The predicted molar refractivity (Wildman–Crippen MR) is 72.7 cm³/mol. The van der Waals surface area contributed by atoms with Crippen LogP contribution in [-0.4, -0.2) is 0 Å². The molecule has 0 heterocycles. The summed E-state index contributed by atoms with van der Waals surface area (Å²) in [5.74, 6) is 0. The van der Waals surface area contributed by atoms with Crippen molar-refractivity contribution >= 4 is 0 Å². The molecule has 0 rings (SSSR count). The fraction of sp³-hybridized carbons (Fsp3) is 0.429. The average molecular weight is 196 g/mol. The normalized spacial score (nSPS) is 7.29. The first-order valence-corrected chi connectivity index (χ1v) is 5.48. The first-order valence-electron chi connectivity index (χ1n) is 5.48. The lowest BCUT2D eigenvalue weighted by Crippen LogP contribution is -1.45. The summed E-state index contributed by atoms with van der Waals surface area (Å²) >= 11 is 0. The van der Waals surface area contributed by atoms with Gasteiger partial charge in [0.2, 0.25) is 0 Å². The molecule has 0 saturated carbocycles. The monoisotopic (exact) mass is 196 g/mol. The number of hydrogen-bond acceptors (Lipinski definition) is 0. The van der Waals surface area contributed by atoms with Gasteiger partial charge in [-0.1, -0.05) is 91.2 Å². The summed E-state index contributed by atoms with van der Waals surface area (Å²) in [6.07, 6.45) is 11.0. The average Bonchev–Trinajstić information content (AvgIpc) is 2.33. The summed E-state index contributed by atoms with van der Waals surface area (Å²) in [5, 5.41) is 0. The first-order chi connectivity index (χ1) is 6.91. The molecule has 0 radical (unpaired) electrons. The zero-order chi connectivity index (χ0) is 12.2. The highest BCUT2D eigenvalue weighted by Crippen LogP contribution is 1.76. The van der Waals surface area contributed by atoms with Gasteiger partial charge in [0.05, 0.1) is 0 Å². The molecule has 0 heteroatoms. The molecule has 0 nitrogen and oxygen atoms in total. The van der Waals surface area contributed by atoms with Crippen LogP contribution in [0.1, 0.15) is 41.5 Å². The quantitative estimate of drug-likeness (QED) is 0.519. The van der Waals surface area contributed by atoms with Crippen molar-refractivity contribution in [3.8, 4) is 0 Å². The van der Waals surface area contributed by atoms with E-state index in [9.17, 15) is 0 Å². The summed E-state index contributed by atoms with van der Waals surface area (Å²) in [7, 11) is 0. The van der Waals surface area contributed by atoms with E-state index in [4.69, 9.17) is 0 Å². The maximum atomic E-state index is 3.51. The van der Waals surface area contributed by atoms with E-state index in [0.717, 1.165) is 0 Å². The maximum absolute atomic E-state index is 3.51. The van der Waals surface area contributed by atoms with Crippen molar-refractivity contribution in [1.82, 2.24) is 0 Å². The van der Waals surface area contributed by atoms with Crippen LogP contribution in [0.15, 0.2) is 49.6 Å². The lowest BCUT2D eigenvalue weighted by Gasteiger charge is -1.67. The molecule has 0 atom stereocenters. The van der Waals surface area contributed by atoms with E-state index in [1.54, 1.807) is 12.2 Å². The molecule has 84 valence electrons. The second-order valence-electron chi connectivity index (χ2n) is 1.24. The second kappa shape index (κ2) is 58.4. The van der Waals surface area contributed by atoms with Crippen LogP contribution in [-0.2, 0) is 0 Å². The Balaban J connectivity index is -0.0000000708. The lowest BCUT2D eigenvalue weighted by molar-refractivity contribution is 1.50. The Morgan fingerprint density at radius 1 is 0.500 bits per heavy atom. The topological polar surface area (TPSA) is 0 Å². The molecule has 0 spiro atoms. The molecule has 14 heavy (non-hydrogen) atoms. The van der Waals surface area contributed by atoms with Crippen LogP contribution in [0.4, 0.5) is 0 Å². The minimum atomic E-state index is 1.73. The lowest BCUT2D eigenvalue weighted by atomic mass is 10.4. The van der Waals surface area contributed by atoms with E-state index in [2.05, 4.69) is 13.2 Å². The molecular weight excluding hydrogens is 168 g/mol. The third kappa shape index (κ3) is 69.3. The van der Waals surface area contributed by atoms with E-state index >= 15 is 0 Å². The highest BCUT2D eigenvalue weighted by Gasteiger charge is 1.54. The minimum Gasteiger partial charge on any atom is -0.0991 e. The van der Waals surface area contributed by atoms with E-state index in [0.29, 0.717) is 0 Å². The van der Waals surface area contributed by atoms with Crippen molar-refractivity contribution in [2.45, 2.75) is 41.5 Å². The van der Waals surface area contributed by atoms with Crippen molar-refractivity contribution in [1.29, 1.82) is 0 Å². The van der Waals surface area contributed by atoms with Crippen LogP contribution in [0, 0.1) is 0 Å². The first kappa shape index (κ1) is 23.1. The molecule has 0 N–H and O–H groups in total. The van der Waals surface area contributed by atoms with Crippen LogP contribution in [0.2, 0.25) is 0 Å². The van der Waals surface area contributed by atoms with Crippen molar-refractivity contribution in [2.75, 3.05) is 0 Å². The van der Waals surface area contributed by atoms with Gasteiger partial charge in [-0.3, -0.25) is 0 Å². The van der Waals surface area contributed by atoms with Gasteiger partial charge in [0.15, 0.2) is 0 Å². The molecule has 0 bridgehead atoms. The fourth-order valence-electron chi connectivity index (χ4n) is 0.285. The summed E-state index contributed by atoms with van der Waals surface area (Å²) in [6.45, 7) is 19.0. The third-order valence-electron chi connectivity index (χ3n) is 0.605. The second-order valence-corrected chi connectivity index (χ2v) is 1.24. The highest BCUT2D eigenvalue weighted by atomic mass is 13.6. The maximum Gasteiger partial charge on any atom is -0.0623 e. The molecule has 0 aromatic heterocycles. The Hall–Kier alpha value is -1.04. The Labute approximate surface area is 91.7 Å². The molecule has 0 aromatic rings. The van der Waals surface area contributed by atoms with Crippen molar-refractivity contribution in [3.63, 3.8) is 0 Å². The van der Waals surface area contributed by atoms with E-state index in [1.165, 1.54) is 0 Å². The van der Waals surface area contributed by atoms with Crippen LogP contribution >= 0.6 is 0 Å². The van der Waals surface area contributed by atoms with E-state index < -0.39 is 0 Å². The zero-order valence-corrected chi connectivity index (χ0v) is 10.9. The third-order valence-corrected chi connectivity index (χ3v) is 0.605. The highest BCUT2D eigenvalue weighted by molar-refractivity contribution is 5.12. The van der Waals surface area contributed by atoms with Gasteiger partial charge in [-0.15, -0.1) is 0 Å². The summed E-state index contributed by atoms with van der Waals surface area (Å²) in [6, 6.07) is 0. The van der Waals surface area contributed by atoms with Gasteiger partial charge in [0.25, 0.3) is 0 Å². The number of allylic oxidation sites excluding steroid dienone is 6. The van der Waals surface area contributed by atoms with Crippen molar-refractivity contribution < 1.29 is 0 Å². The number of rotatable bonds is 3. The zero-order valence-electron chi connectivity index (χ0n) is 10.9. The molecule has 0 saturated heterocycles. The molecule has 0 unspecified atom stereocenters. The molecule has 0 aliphatic carbocycles. The Morgan fingerprint density at radius 3 is 0.857 bits per heavy atom. The van der Waals surface area contributed by atoms with Gasteiger partial charge in [-0.05, 0) is 0 Å². The van der Waals surface area contributed by atoms with Gasteiger partial charge in [-0.25, -0.2) is 0 Å². The van der Waals surface area contributed by atoms with Crippen LogP contribution < -0.4 is 0 Å². The van der Waals surface area contributed by atoms with Gasteiger partial charge in [0.1, 0.15) is 0 Å². The Kier molecular flexibility index (Phi) is 96.3. The molecule has 0 aromatic carbocycles. The summed E-state index contributed by atoms with van der Waals surface area (Å²) in [5.41, 5.74) is 0. The van der Waals surface area contributed by atoms with Gasteiger partial charge in [0, 0.05) is 0 Å². The van der Waals surface area contributed by atoms with Crippen LogP contribution in [0.5, 0.6) is 0 Å². The van der Waals surface area contributed by atoms with E-state index in [1.807, 2.05) is 65.8 Å². The number of hydrogen-bond donors (Lipinski definition) is 0. The molecule has 0 aliphatic heterocycles. The molecular formula is C14H28. The summed E-state index contributed by atoms with van der Waals surface area (Å²) in [4.78, 5) is 0. The summed E-state index contributed by atoms with van der Waals surface area (Å²) < 4.78 is 0. The van der Waals surface area contributed by atoms with Crippen LogP contribution in [0.25, 0.3) is 0 Å². The van der Waals surface area contributed by atoms with Gasteiger partial charge >= 0.3 is 0 Å². The van der Waals surface area contributed by atoms with Crippen LogP contribution in [0.3, 0.4) is 0 Å². The van der Waals surface area contributed by atoms with Crippen molar-refractivity contribution in [2.24, 2.45) is 0 Å². The van der Waals surface area contributed by atoms with Crippen molar-refractivity contribution in [3.05, 3.63) is 49.6 Å². The van der Waals surface area contributed by atoms with E-state index in [-0.39, 0.29) is 0 Å². The minimum absolute atomic E-state index is 1.73. The Bertz CT molecular complexity index is 100. The fourth-order valence-corrected chi connectivity index (χ4v) is 0.285. The standard InChI is InChI=1S/C8H10.3C2H6/c1-3-5-7-8-6-4-2;3*1-2/h3-8H,1-2H2;3*1-2H3/b7-5-,8-6-;;;. The largest absolute Gasteiger partial charge is 0.0991 e. The SMILES string of the molecule is C=C/C=C\C=C/C=C.CC.CC.CC. The molecule has 0 aliphatic rings. The van der Waals surface area contributed by atoms with Gasteiger partial charge < -0.3 is 0 Å². The smallest absolute Gasteiger partial charge is 0.0623 e. The molecule has 0 fully saturated rings. The predicted octanol–water partition coefficient (Wildman–Crippen LogP) is 5.55. The molecule has 0 amide bonds.